The Bertz CT molecular complexity index is 1230. The molecule has 0 fully saturated rings. The van der Waals surface area contributed by atoms with E-state index in [2.05, 4.69) is 20.2 Å². The van der Waals surface area contributed by atoms with Gasteiger partial charge in [0.05, 0.1) is 16.2 Å². The average Bonchev–Trinajstić information content (AvgIpc) is 3.07. The van der Waals surface area contributed by atoms with E-state index in [1.807, 2.05) is 0 Å². The molecule has 0 spiro atoms. The van der Waals surface area contributed by atoms with Gasteiger partial charge in [0.25, 0.3) is 0 Å². The highest BCUT2D eigenvalue weighted by Gasteiger charge is 2.35. The molecule has 0 saturated carbocycles. The van der Waals surface area contributed by atoms with Crippen molar-refractivity contribution in [1.82, 2.24) is 24.7 Å². The first kappa shape index (κ1) is 22.7. The van der Waals surface area contributed by atoms with Gasteiger partial charge in [0.15, 0.2) is 21.5 Å². The summed E-state index contributed by atoms with van der Waals surface area (Å²) in [7, 11) is -2.87. The van der Waals surface area contributed by atoms with Crippen molar-refractivity contribution < 1.29 is 34.8 Å². The fraction of sp³-hybridized carbons (Fsp3) is 0.294. The van der Waals surface area contributed by atoms with Crippen LogP contribution in [0.3, 0.4) is 0 Å². The minimum Gasteiger partial charge on any atom is -0.307 e. The predicted octanol–water partition coefficient (Wildman–Crippen LogP) is 3.77. The molecule has 31 heavy (non-hydrogen) atoms. The van der Waals surface area contributed by atoms with Crippen LogP contribution in [0.5, 0.6) is 0 Å². The second-order valence-electron chi connectivity index (χ2n) is 6.28. The minimum atomic E-state index is -4.84. The van der Waals surface area contributed by atoms with Gasteiger partial charge in [-0.3, -0.25) is 4.98 Å². The number of hydrogen-bond donors (Lipinski definition) is 0. The monoisotopic (exact) mass is 465 g/mol. The van der Waals surface area contributed by atoms with Crippen molar-refractivity contribution in [3.63, 3.8) is 0 Å². The van der Waals surface area contributed by atoms with Gasteiger partial charge in [-0.25, -0.2) is 13.4 Å². The molecule has 0 radical (unpaired) electrons. The number of sulfone groups is 1. The molecule has 0 amide bonds. The van der Waals surface area contributed by atoms with Gasteiger partial charge in [-0.2, -0.15) is 26.3 Å². The van der Waals surface area contributed by atoms with Crippen molar-refractivity contribution in [2.75, 3.05) is 5.75 Å². The number of aromatic nitrogens is 5. The topological polar surface area (TPSA) is 90.6 Å². The van der Waals surface area contributed by atoms with Crippen LogP contribution in [0.2, 0.25) is 0 Å². The number of halogens is 6. The van der Waals surface area contributed by atoms with E-state index in [9.17, 15) is 34.8 Å². The Morgan fingerprint density at radius 2 is 1.65 bits per heavy atom. The van der Waals surface area contributed by atoms with E-state index in [0.29, 0.717) is 12.3 Å². The van der Waals surface area contributed by atoms with Crippen molar-refractivity contribution in [1.29, 1.82) is 0 Å². The van der Waals surface area contributed by atoms with E-state index in [-0.39, 0.29) is 17.3 Å². The zero-order chi connectivity index (χ0) is 23.2. The van der Waals surface area contributed by atoms with Crippen LogP contribution in [-0.4, -0.2) is 38.9 Å². The first-order valence-electron chi connectivity index (χ1n) is 8.50. The van der Waals surface area contributed by atoms with Gasteiger partial charge < -0.3 is 4.57 Å². The SMILES string of the molecule is CCS(=O)(=O)c1cc(C(F)(F)F)cnc1-c1nnc(-c2cccc(C(F)(F)F)n2)n1C. The lowest BCUT2D eigenvalue weighted by atomic mass is 10.2. The summed E-state index contributed by atoms with van der Waals surface area (Å²) in [5.41, 5.74) is -3.09. The van der Waals surface area contributed by atoms with Crippen LogP contribution in [0.25, 0.3) is 23.0 Å². The third-order valence-electron chi connectivity index (χ3n) is 4.25. The third-order valence-corrected chi connectivity index (χ3v) is 5.99. The van der Waals surface area contributed by atoms with E-state index in [1.54, 1.807) is 0 Å². The number of nitrogens with zero attached hydrogens (tertiary/aromatic N) is 5. The molecular formula is C17H13F6N5O2S. The van der Waals surface area contributed by atoms with Crippen molar-refractivity contribution >= 4 is 9.84 Å². The van der Waals surface area contributed by atoms with Gasteiger partial charge in [0.2, 0.25) is 0 Å². The summed E-state index contributed by atoms with van der Waals surface area (Å²) < 4.78 is 104. The van der Waals surface area contributed by atoms with Crippen molar-refractivity contribution in [2.45, 2.75) is 24.2 Å². The summed E-state index contributed by atoms with van der Waals surface area (Å²) in [5.74, 6) is -0.930. The normalized spacial score (nSPS) is 12.9. The molecule has 7 nitrogen and oxygen atoms in total. The molecule has 0 atom stereocenters. The van der Waals surface area contributed by atoms with Crippen LogP contribution in [0, 0.1) is 0 Å². The Hall–Kier alpha value is -3.03. The molecule has 14 heteroatoms. The van der Waals surface area contributed by atoms with Crippen molar-refractivity contribution in [2.24, 2.45) is 7.05 Å². The zero-order valence-electron chi connectivity index (χ0n) is 15.8. The van der Waals surface area contributed by atoms with Crippen molar-refractivity contribution in [3.05, 3.63) is 41.7 Å². The van der Waals surface area contributed by atoms with E-state index in [1.165, 1.54) is 20.0 Å². The Balaban J connectivity index is 2.19. The molecule has 166 valence electrons. The number of hydrogen-bond acceptors (Lipinski definition) is 6. The fourth-order valence-electron chi connectivity index (χ4n) is 2.64. The average molecular weight is 465 g/mol. The summed E-state index contributed by atoms with van der Waals surface area (Å²) in [6.45, 7) is 1.24. The lowest BCUT2D eigenvalue weighted by molar-refractivity contribution is -0.141. The summed E-state index contributed by atoms with van der Waals surface area (Å²) in [6.07, 6.45) is -9.10. The molecule has 3 aromatic rings. The first-order chi connectivity index (χ1) is 14.3. The molecule has 3 heterocycles. The quantitative estimate of drug-likeness (QED) is 0.545. The van der Waals surface area contributed by atoms with Gasteiger partial charge in [0.1, 0.15) is 17.1 Å². The molecule has 0 aliphatic rings. The van der Waals surface area contributed by atoms with Crippen LogP contribution in [-0.2, 0) is 29.2 Å². The highest BCUT2D eigenvalue weighted by molar-refractivity contribution is 7.91. The molecule has 3 rings (SSSR count). The highest BCUT2D eigenvalue weighted by atomic mass is 32.2. The number of rotatable bonds is 4. The molecule has 0 bridgehead atoms. The third kappa shape index (κ3) is 4.38. The summed E-state index contributed by atoms with van der Waals surface area (Å²) in [5, 5.41) is 7.47. The Labute approximate surface area is 171 Å². The summed E-state index contributed by atoms with van der Waals surface area (Å²) >= 11 is 0. The van der Waals surface area contributed by atoms with E-state index in [4.69, 9.17) is 0 Å². The smallest absolute Gasteiger partial charge is 0.307 e. The lowest BCUT2D eigenvalue weighted by Gasteiger charge is -2.12. The predicted molar refractivity (Wildman–Crippen MR) is 95.2 cm³/mol. The molecule has 0 N–H and O–H groups in total. The highest BCUT2D eigenvalue weighted by Crippen LogP contribution is 2.35. The zero-order valence-corrected chi connectivity index (χ0v) is 16.6. The standard InChI is InChI=1S/C17H13F6N5O2S/c1-3-31(29,30)11-7-9(16(18,19)20)8-24-13(11)15-27-26-14(28(15)2)10-5-4-6-12(25-10)17(21,22)23/h4-8H,3H2,1-2H3. The van der Waals surface area contributed by atoms with E-state index >= 15 is 0 Å². The lowest BCUT2D eigenvalue weighted by Crippen LogP contribution is -2.13. The Kier molecular flexibility index (Phi) is 5.54. The molecule has 0 unspecified atom stereocenters. The molecule has 0 aliphatic carbocycles. The van der Waals surface area contributed by atoms with Gasteiger partial charge >= 0.3 is 12.4 Å². The van der Waals surface area contributed by atoms with Gasteiger partial charge in [-0.05, 0) is 18.2 Å². The van der Waals surface area contributed by atoms with Crippen LogP contribution in [0.15, 0.2) is 35.4 Å². The van der Waals surface area contributed by atoms with Crippen molar-refractivity contribution in [3.8, 4) is 23.0 Å². The second-order valence-corrected chi connectivity index (χ2v) is 8.53. The van der Waals surface area contributed by atoms with Gasteiger partial charge in [0, 0.05) is 13.2 Å². The largest absolute Gasteiger partial charge is 0.433 e. The summed E-state index contributed by atoms with van der Waals surface area (Å²) in [4.78, 5) is 6.39. The van der Waals surface area contributed by atoms with Gasteiger partial charge in [-0.1, -0.05) is 13.0 Å². The molecule has 3 aromatic heterocycles. The molecule has 0 saturated heterocycles. The Morgan fingerprint density at radius 3 is 2.23 bits per heavy atom. The van der Waals surface area contributed by atoms with Crippen LogP contribution in [0.4, 0.5) is 26.3 Å². The maximum Gasteiger partial charge on any atom is 0.433 e. The van der Waals surface area contributed by atoms with E-state index in [0.717, 1.165) is 16.7 Å². The minimum absolute atomic E-state index is 0.164. The molecule has 0 aromatic carbocycles. The fourth-order valence-corrected chi connectivity index (χ4v) is 3.69. The summed E-state index contributed by atoms with van der Waals surface area (Å²) in [6, 6.07) is 3.53. The molecule has 0 aliphatic heterocycles. The van der Waals surface area contributed by atoms with Crippen LogP contribution < -0.4 is 0 Å². The number of pyridine rings is 2. The second kappa shape index (κ2) is 7.59. The van der Waals surface area contributed by atoms with E-state index < -0.39 is 49.8 Å². The maximum atomic E-state index is 13.1. The van der Waals surface area contributed by atoms with Crippen LogP contribution in [0.1, 0.15) is 18.2 Å². The first-order valence-corrected chi connectivity index (χ1v) is 10.2. The Morgan fingerprint density at radius 1 is 1.00 bits per heavy atom. The molecular weight excluding hydrogens is 452 g/mol. The van der Waals surface area contributed by atoms with Gasteiger partial charge in [-0.15, -0.1) is 10.2 Å². The van der Waals surface area contributed by atoms with Crippen LogP contribution >= 0.6 is 0 Å². The number of alkyl halides is 6. The maximum absolute atomic E-state index is 13.1.